The van der Waals surface area contributed by atoms with E-state index in [4.69, 9.17) is 11.6 Å². The zero-order chi connectivity index (χ0) is 23.5. The summed E-state index contributed by atoms with van der Waals surface area (Å²) >= 11 is 7.80. The van der Waals surface area contributed by atoms with Crippen molar-refractivity contribution in [3.05, 3.63) is 107 Å². The minimum atomic E-state index is -0.617. The molecule has 0 aliphatic carbocycles. The topological polar surface area (TPSA) is 58.2 Å². The molecule has 4 nitrogen and oxygen atoms in total. The number of benzene rings is 3. The van der Waals surface area contributed by atoms with Crippen molar-refractivity contribution in [3.8, 4) is 0 Å². The summed E-state index contributed by atoms with van der Waals surface area (Å²) in [5.74, 6) is 0.421. The van der Waals surface area contributed by atoms with Gasteiger partial charge in [-0.25, -0.2) is 0 Å². The first-order valence-corrected chi connectivity index (χ1v) is 12.8. The second kappa shape index (κ2) is 13.1. The molecule has 3 rings (SSSR count). The Morgan fingerprint density at radius 3 is 2.00 bits per heavy atom. The Morgan fingerprint density at radius 2 is 1.42 bits per heavy atom. The maximum atomic E-state index is 13.0. The second-order valence-corrected chi connectivity index (χ2v) is 9.13. The van der Waals surface area contributed by atoms with Crippen LogP contribution in [0, 0.1) is 0 Å². The average molecular weight is 481 g/mol. The van der Waals surface area contributed by atoms with Gasteiger partial charge in [-0.15, -0.1) is 0 Å². The summed E-state index contributed by atoms with van der Waals surface area (Å²) in [6.45, 7) is 0.505. The van der Waals surface area contributed by atoms with E-state index in [1.807, 2.05) is 42.7 Å². The van der Waals surface area contributed by atoms with Crippen LogP contribution in [-0.2, 0) is 4.79 Å². The Kier molecular flexibility index (Phi) is 9.85. The molecule has 2 N–H and O–H groups in total. The number of hydrogen-bond donors (Lipinski definition) is 2. The molecule has 0 aliphatic rings. The van der Waals surface area contributed by atoms with Crippen LogP contribution in [0.3, 0.4) is 0 Å². The molecule has 0 saturated carbocycles. The van der Waals surface area contributed by atoms with Gasteiger partial charge in [-0.3, -0.25) is 9.59 Å². The molecule has 0 heterocycles. The Hall–Kier alpha value is -2.76. The molecule has 6 heteroatoms. The third-order valence-corrected chi connectivity index (χ3v) is 6.46. The maximum Gasteiger partial charge on any atom is 0.253 e. The van der Waals surface area contributed by atoms with Crippen molar-refractivity contribution in [2.45, 2.75) is 24.8 Å². The van der Waals surface area contributed by atoms with Gasteiger partial charge < -0.3 is 10.6 Å². The minimum absolute atomic E-state index is 0.176. The van der Waals surface area contributed by atoms with Crippen LogP contribution in [0.5, 0.6) is 0 Å². The molecule has 172 valence electrons. The molecular formula is C27H29ClN2O2S. The number of carbonyl (C=O) groups excluding carboxylic acids is 2. The van der Waals surface area contributed by atoms with Gasteiger partial charge in [0.15, 0.2) is 0 Å². The van der Waals surface area contributed by atoms with Crippen LogP contribution >= 0.6 is 23.4 Å². The van der Waals surface area contributed by atoms with Crippen LogP contribution in [0.25, 0.3) is 0 Å². The lowest BCUT2D eigenvalue weighted by Gasteiger charge is -2.21. The smallest absolute Gasteiger partial charge is 0.253 e. The monoisotopic (exact) mass is 480 g/mol. The molecule has 0 fully saturated rings. The highest BCUT2D eigenvalue weighted by Crippen LogP contribution is 2.27. The predicted octanol–water partition coefficient (Wildman–Crippen LogP) is 5.53. The predicted molar refractivity (Wildman–Crippen MR) is 138 cm³/mol. The molecule has 2 amide bonds. The van der Waals surface area contributed by atoms with Gasteiger partial charge in [0.25, 0.3) is 5.91 Å². The third kappa shape index (κ3) is 7.37. The summed E-state index contributed by atoms with van der Waals surface area (Å²) < 4.78 is 0. The van der Waals surface area contributed by atoms with E-state index < -0.39 is 6.04 Å². The Balaban J connectivity index is 1.65. The van der Waals surface area contributed by atoms with E-state index in [2.05, 4.69) is 34.9 Å². The highest BCUT2D eigenvalue weighted by molar-refractivity contribution is 7.98. The van der Waals surface area contributed by atoms with E-state index in [9.17, 15) is 9.59 Å². The highest BCUT2D eigenvalue weighted by Gasteiger charge is 2.22. The lowest BCUT2D eigenvalue weighted by atomic mass is 9.88. The van der Waals surface area contributed by atoms with E-state index in [-0.39, 0.29) is 17.7 Å². The fraction of sp³-hybridized carbons (Fsp3) is 0.259. The van der Waals surface area contributed by atoms with Crippen LogP contribution in [0.4, 0.5) is 0 Å². The van der Waals surface area contributed by atoms with Crippen molar-refractivity contribution < 1.29 is 9.59 Å². The highest BCUT2D eigenvalue weighted by atomic mass is 35.5. The first-order valence-electron chi connectivity index (χ1n) is 11.0. The zero-order valence-electron chi connectivity index (χ0n) is 18.7. The summed E-state index contributed by atoms with van der Waals surface area (Å²) in [5, 5.41) is 6.27. The van der Waals surface area contributed by atoms with E-state index in [1.165, 1.54) is 11.1 Å². The number of thioether (sulfide) groups is 1. The molecule has 3 aromatic rings. The van der Waals surface area contributed by atoms with Gasteiger partial charge in [-0.1, -0.05) is 84.4 Å². The molecule has 0 aliphatic heterocycles. The number of hydrogen-bond acceptors (Lipinski definition) is 3. The quantitative estimate of drug-likeness (QED) is 0.379. The Labute approximate surface area is 205 Å². The largest absolute Gasteiger partial charge is 0.354 e. The summed E-state index contributed by atoms with van der Waals surface area (Å²) in [5.41, 5.74) is 2.79. The van der Waals surface area contributed by atoms with Crippen LogP contribution in [-0.4, -0.2) is 36.4 Å². The van der Waals surface area contributed by atoms with Crippen molar-refractivity contribution in [3.63, 3.8) is 0 Å². The zero-order valence-corrected chi connectivity index (χ0v) is 20.2. The normalized spacial score (nSPS) is 11.7. The molecule has 0 aromatic heterocycles. The van der Waals surface area contributed by atoms with E-state index in [1.54, 1.807) is 36.0 Å². The van der Waals surface area contributed by atoms with Crippen molar-refractivity contribution >= 4 is 35.2 Å². The molecule has 1 unspecified atom stereocenters. The number of nitrogens with one attached hydrogen (secondary N) is 2. The number of amides is 2. The van der Waals surface area contributed by atoms with Crippen LogP contribution in [0.15, 0.2) is 84.9 Å². The van der Waals surface area contributed by atoms with Crippen LogP contribution < -0.4 is 10.6 Å². The number of rotatable bonds is 11. The first-order chi connectivity index (χ1) is 16.1. The lowest BCUT2D eigenvalue weighted by molar-refractivity contribution is -0.123. The fourth-order valence-electron chi connectivity index (χ4n) is 3.75. The van der Waals surface area contributed by atoms with Gasteiger partial charge in [0.1, 0.15) is 6.04 Å². The number of carbonyl (C=O) groups is 2. The van der Waals surface area contributed by atoms with Crippen molar-refractivity contribution in [2.24, 2.45) is 0 Å². The van der Waals surface area contributed by atoms with E-state index in [0.29, 0.717) is 23.6 Å². The van der Waals surface area contributed by atoms with Gasteiger partial charge in [0.05, 0.1) is 10.6 Å². The third-order valence-electron chi connectivity index (χ3n) is 5.49. The average Bonchev–Trinajstić information content (AvgIpc) is 2.85. The number of halogens is 1. The van der Waals surface area contributed by atoms with Gasteiger partial charge in [0, 0.05) is 12.5 Å². The van der Waals surface area contributed by atoms with E-state index in [0.717, 1.165) is 12.2 Å². The molecule has 0 bridgehead atoms. The van der Waals surface area contributed by atoms with Crippen molar-refractivity contribution in [2.75, 3.05) is 18.6 Å². The summed E-state index contributed by atoms with van der Waals surface area (Å²) in [4.78, 5) is 25.7. The van der Waals surface area contributed by atoms with Gasteiger partial charge in [-0.05, 0) is 48.1 Å². The van der Waals surface area contributed by atoms with Crippen molar-refractivity contribution in [1.82, 2.24) is 10.6 Å². The maximum absolute atomic E-state index is 13.0. The SMILES string of the molecule is CSCCC(NC(=O)c1ccccc1Cl)C(=O)NCCC(c1ccccc1)c1ccccc1. The second-order valence-electron chi connectivity index (χ2n) is 7.74. The van der Waals surface area contributed by atoms with Gasteiger partial charge >= 0.3 is 0 Å². The Morgan fingerprint density at radius 1 is 0.848 bits per heavy atom. The van der Waals surface area contributed by atoms with Crippen LogP contribution in [0.1, 0.15) is 40.2 Å². The minimum Gasteiger partial charge on any atom is -0.354 e. The molecule has 1 atom stereocenters. The molecular weight excluding hydrogens is 452 g/mol. The van der Waals surface area contributed by atoms with E-state index >= 15 is 0 Å². The summed E-state index contributed by atoms with van der Waals surface area (Å²) in [6, 6.07) is 26.8. The first kappa shape index (κ1) is 24.9. The molecule has 33 heavy (non-hydrogen) atoms. The Bertz CT molecular complexity index is 991. The van der Waals surface area contributed by atoms with Crippen molar-refractivity contribution in [1.29, 1.82) is 0 Å². The molecule has 0 radical (unpaired) electrons. The summed E-state index contributed by atoms with van der Waals surface area (Å²) in [6.07, 6.45) is 3.28. The van der Waals surface area contributed by atoms with Crippen LogP contribution in [0.2, 0.25) is 5.02 Å². The standard InChI is InChI=1S/C27H29ClN2O2S/c1-33-19-17-25(30-26(31)23-14-8-9-15-24(23)28)27(32)29-18-16-22(20-10-4-2-5-11-20)21-12-6-3-7-13-21/h2-15,22,25H,16-19H2,1H3,(H,29,32)(H,30,31). The molecule has 0 spiro atoms. The van der Waals surface area contributed by atoms with Gasteiger partial charge in [-0.2, -0.15) is 11.8 Å². The molecule has 0 saturated heterocycles. The van der Waals surface area contributed by atoms with Gasteiger partial charge in [0.2, 0.25) is 5.91 Å². The lowest BCUT2D eigenvalue weighted by Crippen LogP contribution is -2.47. The summed E-state index contributed by atoms with van der Waals surface area (Å²) in [7, 11) is 0. The molecule has 3 aromatic carbocycles. The fourth-order valence-corrected chi connectivity index (χ4v) is 4.44.